The lowest BCUT2D eigenvalue weighted by molar-refractivity contribution is -0.137. The number of hydrogen-bond acceptors (Lipinski definition) is 2. The smallest absolute Gasteiger partial charge is 0.357 e. The molecule has 0 aromatic heterocycles. The summed E-state index contributed by atoms with van der Waals surface area (Å²) in [7, 11) is 0. The monoisotopic (exact) mass is 385 g/mol. The molecule has 2 aromatic carbocycles. The fourth-order valence-corrected chi connectivity index (χ4v) is 2.17. The second-order valence-electron chi connectivity index (χ2n) is 5.36. The number of carbonyl (C=O) groups excluding carboxylic acids is 1. The highest BCUT2D eigenvalue weighted by Gasteiger charge is 2.30. The molecule has 0 heterocycles. The van der Waals surface area contributed by atoms with Crippen LogP contribution in [0.3, 0.4) is 0 Å². The van der Waals surface area contributed by atoms with Crippen LogP contribution in [0, 0.1) is 5.82 Å². The third kappa shape index (κ3) is 6.32. The molecule has 0 aliphatic rings. The lowest BCUT2D eigenvalue weighted by Gasteiger charge is -2.12. The zero-order chi connectivity index (χ0) is 19.2. The minimum atomic E-state index is -4.46. The first-order valence-corrected chi connectivity index (χ1v) is 7.88. The summed E-state index contributed by atoms with van der Waals surface area (Å²) in [6.45, 7) is 0.315. The van der Waals surface area contributed by atoms with Gasteiger partial charge in [0.2, 0.25) is 5.91 Å². The van der Waals surface area contributed by atoms with Crippen molar-refractivity contribution in [1.82, 2.24) is 16.2 Å². The van der Waals surface area contributed by atoms with E-state index in [9.17, 15) is 22.4 Å². The van der Waals surface area contributed by atoms with E-state index in [1.807, 2.05) is 0 Å². The number of carbonyl (C=O) groups is 1. The molecule has 26 heavy (non-hydrogen) atoms. The van der Waals surface area contributed by atoms with Gasteiger partial charge >= 0.3 is 6.18 Å². The number of benzene rings is 2. The van der Waals surface area contributed by atoms with Crippen molar-refractivity contribution < 1.29 is 22.4 Å². The van der Waals surface area contributed by atoms with Gasteiger partial charge in [-0.05, 0) is 41.5 Å². The molecule has 1 amide bonds. The molecular weight excluding hydrogens is 370 g/mol. The van der Waals surface area contributed by atoms with E-state index in [1.165, 1.54) is 24.3 Å². The van der Waals surface area contributed by atoms with E-state index in [-0.39, 0.29) is 22.9 Å². The first-order valence-electron chi connectivity index (χ1n) is 7.47. The minimum Gasteiger partial charge on any atom is -0.357 e. The first kappa shape index (κ1) is 19.6. The van der Waals surface area contributed by atoms with Crippen LogP contribution in [0.25, 0.3) is 0 Å². The number of halogens is 4. The van der Waals surface area contributed by atoms with Gasteiger partial charge in [0.25, 0.3) is 0 Å². The maximum Gasteiger partial charge on any atom is 0.416 e. The Bertz CT molecular complexity index is 778. The lowest BCUT2D eigenvalue weighted by atomic mass is 10.1. The molecule has 2 rings (SSSR count). The fourth-order valence-electron chi connectivity index (χ4n) is 2.04. The summed E-state index contributed by atoms with van der Waals surface area (Å²) in [5, 5.41) is 2.92. The predicted octanol–water partition coefficient (Wildman–Crippen LogP) is 3.08. The Kier molecular flexibility index (Phi) is 6.51. The Morgan fingerprint density at radius 3 is 2.35 bits per heavy atom. The molecule has 4 nitrogen and oxygen atoms in total. The van der Waals surface area contributed by atoms with E-state index in [1.54, 1.807) is 12.1 Å². The molecule has 0 radical (unpaired) electrons. The van der Waals surface area contributed by atoms with Crippen LogP contribution >= 0.6 is 12.2 Å². The normalized spacial score (nSPS) is 10.9. The van der Waals surface area contributed by atoms with Crippen LogP contribution < -0.4 is 16.2 Å². The second kappa shape index (κ2) is 8.61. The number of alkyl halides is 3. The summed E-state index contributed by atoms with van der Waals surface area (Å²) < 4.78 is 50.7. The van der Waals surface area contributed by atoms with Crippen LogP contribution in [-0.2, 0) is 23.9 Å². The molecule has 0 unspecified atom stereocenters. The molecule has 0 aliphatic heterocycles. The fraction of sp³-hybridized carbons (Fsp3) is 0.176. The van der Waals surface area contributed by atoms with Crippen LogP contribution in [0.5, 0.6) is 0 Å². The van der Waals surface area contributed by atoms with Crippen molar-refractivity contribution in [2.75, 3.05) is 0 Å². The topological polar surface area (TPSA) is 53.2 Å². The molecule has 0 bridgehead atoms. The average molecular weight is 385 g/mol. The van der Waals surface area contributed by atoms with E-state index in [0.717, 1.165) is 17.7 Å². The van der Waals surface area contributed by atoms with E-state index < -0.39 is 17.6 Å². The second-order valence-corrected chi connectivity index (χ2v) is 5.77. The summed E-state index contributed by atoms with van der Waals surface area (Å²) in [5.41, 5.74) is 4.95. The number of thiocarbonyl (C=S) groups is 1. The van der Waals surface area contributed by atoms with Gasteiger partial charge in [0, 0.05) is 6.54 Å². The number of nitrogens with one attached hydrogen (secondary N) is 3. The number of amides is 1. The van der Waals surface area contributed by atoms with Crippen molar-refractivity contribution in [1.29, 1.82) is 0 Å². The van der Waals surface area contributed by atoms with Crippen LogP contribution in [0.15, 0.2) is 48.5 Å². The molecule has 0 saturated heterocycles. The number of hydrazine groups is 1. The van der Waals surface area contributed by atoms with Gasteiger partial charge in [0.05, 0.1) is 12.0 Å². The zero-order valence-electron chi connectivity index (χ0n) is 13.4. The third-order valence-corrected chi connectivity index (χ3v) is 3.55. The molecule has 0 atom stereocenters. The SMILES string of the molecule is O=C(Cc1cccc(C(F)(F)F)c1)NNC(=S)NCc1ccc(F)cc1. The van der Waals surface area contributed by atoms with Gasteiger partial charge in [-0.15, -0.1) is 0 Å². The van der Waals surface area contributed by atoms with Crippen molar-refractivity contribution in [3.05, 3.63) is 71.0 Å². The van der Waals surface area contributed by atoms with Crippen molar-refractivity contribution in [2.24, 2.45) is 0 Å². The molecule has 0 fully saturated rings. The highest BCUT2D eigenvalue weighted by atomic mass is 32.1. The van der Waals surface area contributed by atoms with Gasteiger partial charge in [-0.1, -0.05) is 30.3 Å². The standard InChI is InChI=1S/C17H15F4N3OS/c18-14-6-4-11(5-7-14)10-22-16(26)24-23-15(25)9-12-2-1-3-13(8-12)17(19,20)21/h1-8H,9-10H2,(H,23,25)(H2,22,24,26). The Hall–Kier alpha value is -2.68. The van der Waals surface area contributed by atoms with Crippen molar-refractivity contribution >= 4 is 23.2 Å². The largest absolute Gasteiger partial charge is 0.416 e. The van der Waals surface area contributed by atoms with Gasteiger partial charge < -0.3 is 5.32 Å². The lowest BCUT2D eigenvalue weighted by Crippen LogP contribution is -2.47. The Labute approximate surface area is 152 Å². The average Bonchev–Trinajstić information content (AvgIpc) is 2.59. The van der Waals surface area contributed by atoms with Gasteiger partial charge in [0.1, 0.15) is 5.82 Å². The summed E-state index contributed by atoms with van der Waals surface area (Å²) in [6.07, 6.45) is -4.70. The Morgan fingerprint density at radius 2 is 1.69 bits per heavy atom. The van der Waals surface area contributed by atoms with Gasteiger partial charge in [0.15, 0.2) is 5.11 Å². The molecular formula is C17H15F4N3OS. The highest BCUT2D eigenvalue weighted by Crippen LogP contribution is 2.29. The molecule has 0 aliphatic carbocycles. The molecule has 0 spiro atoms. The van der Waals surface area contributed by atoms with Crippen LogP contribution in [-0.4, -0.2) is 11.0 Å². The first-order chi connectivity index (χ1) is 12.2. The zero-order valence-corrected chi connectivity index (χ0v) is 14.2. The summed E-state index contributed by atoms with van der Waals surface area (Å²) in [4.78, 5) is 11.8. The molecule has 3 N–H and O–H groups in total. The van der Waals surface area contributed by atoms with Crippen LogP contribution in [0.2, 0.25) is 0 Å². The number of rotatable bonds is 4. The molecule has 9 heteroatoms. The molecule has 138 valence electrons. The quantitative estimate of drug-likeness (QED) is 0.430. The van der Waals surface area contributed by atoms with Gasteiger partial charge in [-0.25, -0.2) is 4.39 Å². The van der Waals surface area contributed by atoms with Gasteiger partial charge in [-0.3, -0.25) is 15.6 Å². The highest BCUT2D eigenvalue weighted by molar-refractivity contribution is 7.80. The summed E-state index contributed by atoms with van der Waals surface area (Å²) in [6, 6.07) is 10.3. The molecule has 2 aromatic rings. The summed E-state index contributed by atoms with van der Waals surface area (Å²) in [5.74, 6) is -0.897. The third-order valence-electron chi connectivity index (χ3n) is 3.30. The Balaban J connectivity index is 1.77. The maximum atomic E-state index is 12.8. The van der Waals surface area contributed by atoms with Crippen molar-refractivity contribution in [3.8, 4) is 0 Å². The van der Waals surface area contributed by atoms with Crippen LogP contribution in [0.1, 0.15) is 16.7 Å². The van der Waals surface area contributed by atoms with E-state index in [0.29, 0.717) is 6.54 Å². The van der Waals surface area contributed by atoms with Gasteiger partial charge in [-0.2, -0.15) is 13.2 Å². The molecule has 0 saturated carbocycles. The minimum absolute atomic E-state index is 0.117. The van der Waals surface area contributed by atoms with E-state index in [2.05, 4.69) is 16.2 Å². The van der Waals surface area contributed by atoms with Crippen LogP contribution in [0.4, 0.5) is 17.6 Å². The maximum absolute atomic E-state index is 12.8. The van der Waals surface area contributed by atoms with Crippen molar-refractivity contribution in [2.45, 2.75) is 19.1 Å². The Morgan fingerprint density at radius 1 is 1.00 bits per heavy atom. The van der Waals surface area contributed by atoms with E-state index in [4.69, 9.17) is 12.2 Å². The summed E-state index contributed by atoms with van der Waals surface area (Å²) >= 11 is 4.97. The predicted molar refractivity (Wildman–Crippen MR) is 92.3 cm³/mol. The number of hydrogen-bond donors (Lipinski definition) is 3. The van der Waals surface area contributed by atoms with Crippen molar-refractivity contribution in [3.63, 3.8) is 0 Å². The van der Waals surface area contributed by atoms with E-state index >= 15 is 0 Å².